The zero-order valence-electron chi connectivity index (χ0n) is 14.3. The van der Waals surface area contributed by atoms with Gasteiger partial charge in [0, 0.05) is 17.6 Å². The van der Waals surface area contributed by atoms with Gasteiger partial charge in [-0.3, -0.25) is 0 Å². The molecule has 0 radical (unpaired) electrons. The Morgan fingerprint density at radius 1 is 1.10 bits per heavy atom. The van der Waals surface area contributed by atoms with E-state index in [0.29, 0.717) is 18.0 Å². The highest BCUT2D eigenvalue weighted by molar-refractivity contribution is 5.12. The van der Waals surface area contributed by atoms with E-state index in [1.807, 2.05) is 6.26 Å². The molecule has 0 aliphatic rings. The predicted molar refractivity (Wildman–Crippen MR) is 90.5 cm³/mol. The lowest BCUT2D eigenvalue weighted by Gasteiger charge is -2.30. The summed E-state index contributed by atoms with van der Waals surface area (Å²) >= 11 is 0. The maximum atomic E-state index is 5.29. The van der Waals surface area contributed by atoms with Gasteiger partial charge in [-0.15, -0.1) is 0 Å². The Morgan fingerprint density at radius 3 is 2.43 bits per heavy atom. The second-order valence-corrected chi connectivity index (χ2v) is 5.92. The van der Waals surface area contributed by atoms with Crippen LogP contribution in [-0.4, -0.2) is 19.1 Å². The molecule has 1 rings (SSSR count). The molecule has 3 nitrogen and oxygen atoms in total. The van der Waals surface area contributed by atoms with Gasteiger partial charge in [0.15, 0.2) is 0 Å². The van der Waals surface area contributed by atoms with Gasteiger partial charge in [0.05, 0.1) is 12.5 Å². The van der Waals surface area contributed by atoms with Gasteiger partial charge in [-0.2, -0.15) is 0 Å². The molecule has 0 aromatic carbocycles. The van der Waals surface area contributed by atoms with Crippen LogP contribution in [0.2, 0.25) is 0 Å². The summed E-state index contributed by atoms with van der Waals surface area (Å²) < 4.78 is 5.29. The smallest absolute Gasteiger partial charge is 0.0950 e. The Hall–Kier alpha value is -0.800. The molecule has 0 aliphatic heterocycles. The van der Waals surface area contributed by atoms with Crippen molar-refractivity contribution in [2.24, 2.45) is 5.92 Å². The first-order valence-corrected chi connectivity index (χ1v) is 8.75. The predicted octanol–water partition coefficient (Wildman–Crippen LogP) is 4.51. The van der Waals surface area contributed by atoms with Crippen molar-refractivity contribution in [3.8, 4) is 0 Å². The quantitative estimate of drug-likeness (QED) is 0.595. The monoisotopic (exact) mass is 294 g/mol. The van der Waals surface area contributed by atoms with E-state index in [1.165, 1.54) is 31.2 Å². The number of rotatable bonds is 12. The molecule has 0 fully saturated rings. The largest absolute Gasteiger partial charge is 0.472 e. The Labute approximate surface area is 130 Å². The van der Waals surface area contributed by atoms with Gasteiger partial charge in [0.25, 0.3) is 0 Å². The van der Waals surface area contributed by atoms with Gasteiger partial charge in [0.1, 0.15) is 0 Å². The van der Waals surface area contributed by atoms with E-state index in [9.17, 15) is 0 Å². The van der Waals surface area contributed by atoms with Crippen molar-refractivity contribution in [1.82, 2.24) is 10.6 Å². The van der Waals surface area contributed by atoms with Gasteiger partial charge in [-0.25, -0.2) is 0 Å². The second kappa shape index (κ2) is 10.9. The fourth-order valence-electron chi connectivity index (χ4n) is 3.12. The van der Waals surface area contributed by atoms with E-state index in [4.69, 9.17) is 4.42 Å². The van der Waals surface area contributed by atoms with Gasteiger partial charge in [-0.05, 0) is 44.3 Å². The Balaban J connectivity index is 2.72. The molecule has 1 aromatic rings. The molecule has 0 spiro atoms. The average molecular weight is 294 g/mol. The third-order valence-corrected chi connectivity index (χ3v) is 4.28. The topological polar surface area (TPSA) is 37.2 Å². The lowest BCUT2D eigenvalue weighted by molar-refractivity contribution is 0.278. The van der Waals surface area contributed by atoms with Crippen LogP contribution in [0.15, 0.2) is 23.0 Å². The highest BCUT2D eigenvalue weighted by atomic mass is 16.3. The van der Waals surface area contributed by atoms with E-state index in [-0.39, 0.29) is 0 Å². The third kappa shape index (κ3) is 6.23. The minimum Gasteiger partial charge on any atom is -0.472 e. The number of hydrogen-bond acceptors (Lipinski definition) is 3. The first-order valence-electron chi connectivity index (χ1n) is 8.75. The van der Waals surface area contributed by atoms with Crippen LogP contribution in [0.25, 0.3) is 0 Å². The van der Waals surface area contributed by atoms with Crippen LogP contribution >= 0.6 is 0 Å². The lowest BCUT2D eigenvalue weighted by Crippen LogP contribution is -2.38. The van der Waals surface area contributed by atoms with Crippen molar-refractivity contribution in [3.63, 3.8) is 0 Å². The van der Waals surface area contributed by atoms with Crippen LogP contribution in [0.4, 0.5) is 0 Å². The Kier molecular flexibility index (Phi) is 9.44. The van der Waals surface area contributed by atoms with Crippen molar-refractivity contribution >= 4 is 0 Å². The average Bonchev–Trinajstić information content (AvgIpc) is 3.02. The molecule has 1 aromatic heterocycles. The molecule has 21 heavy (non-hydrogen) atoms. The maximum absolute atomic E-state index is 5.29. The zero-order valence-corrected chi connectivity index (χ0v) is 14.3. The molecule has 0 saturated heterocycles. The van der Waals surface area contributed by atoms with E-state index in [2.05, 4.69) is 44.4 Å². The van der Waals surface area contributed by atoms with E-state index in [0.717, 1.165) is 19.5 Å². The standard InChI is InChI=1S/C18H34N2O/c1-5-9-17(19-8-4)15(7-3)13-18(20-11-6-2)16-10-12-21-14-16/h10,12,14-15,17-20H,5-9,11,13H2,1-4H3. The summed E-state index contributed by atoms with van der Waals surface area (Å²) in [5, 5.41) is 7.38. The minimum atomic E-state index is 0.409. The van der Waals surface area contributed by atoms with E-state index < -0.39 is 0 Å². The number of nitrogens with one attached hydrogen (secondary N) is 2. The molecule has 0 amide bonds. The molecule has 2 N–H and O–H groups in total. The van der Waals surface area contributed by atoms with Crippen molar-refractivity contribution in [2.75, 3.05) is 13.1 Å². The number of furan rings is 1. The summed E-state index contributed by atoms with van der Waals surface area (Å²) in [6, 6.07) is 3.14. The summed E-state index contributed by atoms with van der Waals surface area (Å²) in [7, 11) is 0. The Morgan fingerprint density at radius 2 is 1.90 bits per heavy atom. The molecule has 0 saturated carbocycles. The highest BCUT2D eigenvalue weighted by Crippen LogP contribution is 2.27. The van der Waals surface area contributed by atoms with Crippen LogP contribution in [0.3, 0.4) is 0 Å². The minimum absolute atomic E-state index is 0.409. The van der Waals surface area contributed by atoms with Gasteiger partial charge < -0.3 is 15.1 Å². The highest BCUT2D eigenvalue weighted by Gasteiger charge is 2.23. The summed E-state index contributed by atoms with van der Waals surface area (Å²) in [6.07, 6.45) is 9.74. The molecule has 3 unspecified atom stereocenters. The fourth-order valence-corrected chi connectivity index (χ4v) is 3.12. The Bertz CT molecular complexity index is 331. The van der Waals surface area contributed by atoms with Gasteiger partial charge in [0.2, 0.25) is 0 Å². The normalized spacial score (nSPS) is 15.8. The molecule has 1 heterocycles. The summed E-state index contributed by atoms with van der Waals surface area (Å²) in [4.78, 5) is 0. The van der Waals surface area contributed by atoms with Crippen LogP contribution in [0.1, 0.15) is 71.4 Å². The van der Waals surface area contributed by atoms with Crippen LogP contribution < -0.4 is 10.6 Å². The summed E-state index contributed by atoms with van der Waals surface area (Å²) in [6.45, 7) is 11.1. The molecular formula is C18H34N2O. The first-order chi connectivity index (χ1) is 10.3. The van der Waals surface area contributed by atoms with Crippen molar-refractivity contribution in [1.29, 1.82) is 0 Å². The van der Waals surface area contributed by atoms with Crippen molar-refractivity contribution in [2.45, 2.75) is 71.9 Å². The van der Waals surface area contributed by atoms with Gasteiger partial charge >= 0.3 is 0 Å². The van der Waals surface area contributed by atoms with Crippen LogP contribution in [0, 0.1) is 5.92 Å². The maximum Gasteiger partial charge on any atom is 0.0950 e. The summed E-state index contributed by atoms with van der Waals surface area (Å²) in [5.41, 5.74) is 1.29. The van der Waals surface area contributed by atoms with Crippen LogP contribution in [0.5, 0.6) is 0 Å². The van der Waals surface area contributed by atoms with Crippen molar-refractivity contribution < 1.29 is 4.42 Å². The SMILES string of the molecule is CCCNC(CC(CC)C(CCC)NCC)c1ccoc1. The van der Waals surface area contributed by atoms with Gasteiger partial charge in [-0.1, -0.05) is 40.5 Å². The molecule has 3 atom stereocenters. The van der Waals surface area contributed by atoms with Crippen LogP contribution in [-0.2, 0) is 0 Å². The van der Waals surface area contributed by atoms with E-state index in [1.54, 1.807) is 6.26 Å². The second-order valence-electron chi connectivity index (χ2n) is 5.92. The molecule has 3 heteroatoms. The molecule has 0 aliphatic carbocycles. The molecule has 122 valence electrons. The number of hydrogen-bond donors (Lipinski definition) is 2. The fraction of sp³-hybridized carbons (Fsp3) is 0.778. The zero-order chi connectivity index (χ0) is 15.5. The lowest BCUT2D eigenvalue weighted by atomic mass is 9.86. The van der Waals surface area contributed by atoms with E-state index >= 15 is 0 Å². The first kappa shape index (κ1) is 18.2. The summed E-state index contributed by atoms with van der Waals surface area (Å²) in [5.74, 6) is 0.703. The van der Waals surface area contributed by atoms with Crippen molar-refractivity contribution in [3.05, 3.63) is 24.2 Å². The third-order valence-electron chi connectivity index (χ3n) is 4.28. The molecular weight excluding hydrogens is 260 g/mol. The molecule has 0 bridgehead atoms.